The lowest BCUT2D eigenvalue weighted by Gasteiger charge is -2.26. The van der Waals surface area contributed by atoms with Crippen molar-refractivity contribution in [3.8, 4) is 0 Å². The summed E-state index contributed by atoms with van der Waals surface area (Å²) >= 11 is 6.06. The fourth-order valence-electron chi connectivity index (χ4n) is 2.70. The number of hydrogen-bond acceptors (Lipinski definition) is 2. The van der Waals surface area contributed by atoms with E-state index in [-0.39, 0.29) is 11.3 Å². The standard InChI is InChI=1S/C14H20ClNO2/c1-10-7-12(11(2)18-10)13(17)16-9-14(8-15)5-3-4-6-14/h7H,3-6,8-9H2,1-2H3,(H,16,17). The number of alkyl halides is 1. The highest BCUT2D eigenvalue weighted by Gasteiger charge is 2.33. The van der Waals surface area contributed by atoms with Crippen molar-refractivity contribution in [1.82, 2.24) is 5.32 Å². The second-order valence-corrected chi connectivity index (χ2v) is 5.62. The largest absolute Gasteiger partial charge is 0.466 e. The molecule has 3 nitrogen and oxygen atoms in total. The van der Waals surface area contributed by atoms with Crippen molar-refractivity contribution in [2.45, 2.75) is 39.5 Å². The molecule has 0 radical (unpaired) electrons. The Morgan fingerprint density at radius 1 is 1.44 bits per heavy atom. The molecule has 1 aliphatic rings. The van der Waals surface area contributed by atoms with E-state index in [1.165, 1.54) is 12.8 Å². The van der Waals surface area contributed by atoms with Crippen molar-refractivity contribution in [3.63, 3.8) is 0 Å². The summed E-state index contributed by atoms with van der Waals surface area (Å²) in [4.78, 5) is 12.1. The first-order valence-electron chi connectivity index (χ1n) is 6.47. The van der Waals surface area contributed by atoms with E-state index in [1.54, 1.807) is 6.07 Å². The Bertz CT molecular complexity index is 433. The van der Waals surface area contributed by atoms with Crippen LogP contribution in [0.15, 0.2) is 10.5 Å². The lowest BCUT2D eigenvalue weighted by Crippen LogP contribution is -2.37. The average molecular weight is 270 g/mol. The molecule has 0 aliphatic heterocycles. The van der Waals surface area contributed by atoms with E-state index in [2.05, 4.69) is 5.32 Å². The number of nitrogens with one attached hydrogen (secondary N) is 1. The van der Waals surface area contributed by atoms with E-state index < -0.39 is 0 Å². The summed E-state index contributed by atoms with van der Waals surface area (Å²) in [7, 11) is 0. The Balaban J connectivity index is 1.98. The third kappa shape index (κ3) is 2.72. The molecule has 1 aromatic rings. The highest BCUT2D eigenvalue weighted by Crippen LogP contribution is 2.38. The van der Waals surface area contributed by atoms with Gasteiger partial charge in [0.1, 0.15) is 11.5 Å². The van der Waals surface area contributed by atoms with E-state index >= 15 is 0 Å². The lowest BCUT2D eigenvalue weighted by atomic mass is 9.88. The first-order chi connectivity index (χ1) is 8.56. The van der Waals surface area contributed by atoms with Gasteiger partial charge in [-0.15, -0.1) is 11.6 Å². The summed E-state index contributed by atoms with van der Waals surface area (Å²) in [6.07, 6.45) is 4.65. The van der Waals surface area contributed by atoms with Crippen molar-refractivity contribution >= 4 is 17.5 Å². The van der Waals surface area contributed by atoms with Gasteiger partial charge in [0.25, 0.3) is 5.91 Å². The average Bonchev–Trinajstić information content (AvgIpc) is 2.94. The number of hydrogen-bond donors (Lipinski definition) is 1. The number of furan rings is 1. The first kappa shape index (κ1) is 13.5. The van der Waals surface area contributed by atoms with Crippen LogP contribution in [0.3, 0.4) is 0 Å². The number of rotatable bonds is 4. The van der Waals surface area contributed by atoms with Gasteiger partial charge in [-0.05, 0) is 32.8 Å². The predicted octanol–water partition coefficient (Wildman–Crippen LogP) is 3.43. The maximum absolute atomic E-state index is 12.1. The van der Waals surface area contributed by atoms with Crippen LogP contribution in [0.4, 0.5) is 0 Å². The zero-order chi connectivity index (χ0) is 13.2. The fourth-order valence-corrected chi connectivity index (χ4v) is 3.06. The molecule has 1 fully saturated rings. The van der Waals surface area contributed by atoms with E-state index in [1.807, 2.05) is 13.8 Å². The van der Waals surface area contributed by atoms with Gasteiger partial charge in [0, 0.05) is 17.8 Å². The van der Waals surface area contributed by atoms with Crippen molar-refractivity contribution in [3.05, 3.63) is 23.2 Å². The zero-order valence-corrected chi connectivity index (χ0v) is 11.8. The van der Waals surface area contributed by atoms with Crippen molar-refractivity contribution in [2.75, 3.05) is 12.4 Å². The Morgan fingerprint density at radius 2 is 2.11 bits per heavy atom. The van der Waals surface area contributed by atoms with Gasteiger partial charge in [-0.25, -0.2) is 0 Å². The molecule has 1 aliphatic carbocycles. The molecule has 0 unspecified atom stereocenters. The molecule has 0 spiro atoms. The van der Waals surface area contributed by atoms with Crippen LogP contribution in [0, 0.1) is 19.3 Å². The van der Waals surface area contributed by atoms with Crippen LogP contribution in [0.1, 0.15) is 47.6 Å². The molecule has 0 saturated heterocycles. The van der Waals surface area contributed by atoms with Crippen LogP contribution in [0.2, 0.25) is 0 Å². The highest BCUT2D eigenvalue weighted by molar-refractivity contribution is 6.18. The molecule has 1 aromatic heterocycles. The van der Waals surface area contributed by atoms with Gasteiger partial charge in [-0.2, -0.15) is 0 Å². The maximum atomic E-state index is 12.1. The number of carbonyl (C=O) groups is 1. The van der Waals surface area contributed by atoms with E-state index in [4.69, 9.17) is 16.0 Å². The molecule has 1 saturated carbocycles. The van der Waals surface area contributed by atoms with Crippen molar-refractivity contribution in [2.24, 2.45) is 5.41 Å². The molecular formula is C14H20ClNO2. The highest BCUT2D eigenvalue weighted by atomic mass is 35.5. The topological polar surface area (TPSA) is 42.2 Å². The first-order valence-corrected chi connectivity index (χ1v) is 7.01. The van der Waals surface area contributed by atoms with Crippen LogP contribution >= 0.6 is 11.6 Å². The Hall–Kier alpha value is -0.960. The fraction of sp³-hybridized carbons (Fsp3) is 0.643. The Morgan fingerprint density at radius 3 is 2.61 bits per heavy atom. The third-order valence-corrected chi connectivity index (χ3v) is 4.42. The molecule has 2 rings (SSSR count). The third-order valence-electron chi connectivity index (χ3n) is 3.86. The van der Waals surface area contributed by atoms with Gasteiger partial charge >= 0.3 is 0 Å². The number of halogens is 1. The summed E-state index contributed by atoms with van der Waals surface area (Å²) in [5.74, 6) is 2.01. The molecule has 1 N–H and O–H groups in total. The normalized spacial score (nSPS) is 17.9. The number of aryl methyl sites for hydroxylation is 2. The van der Waals surface area contributed by atoms with Crippen molar-refractivity contribution in [1.29, 1.82) is 0 Å². The Kier molecular flexibility index (Phi) is 4.00. The van der Waals surface area contributed by atoms with E-state index in [0.29, 0.717) is 23.7 Å². The van der Waals surface area contributed by atoms with E-state index in [9.17, 15) is 4.79 Å². The van der Waals surface area contributed by atoms with Crippen LogP contribution in [0.25, 0.3) is 0 Å². The molecule has 100 valence electrons. The van der Waals surface area contributed by atoms with Gasteiger partial charge in [-0.3, -0.25) is 4.79 Å². The molecular weight excluding hydrogens is 250 g/mol. The maximum Gasteiger partial charge on any atom is 0.254 e. The summed E-state index contributed by atoms with van der Waals surface area (Å²) < 4.78 is 5.37. The van der Waals surface area contributed by atoms with Crippen LogP contribution in [-0.2, 0) is 0 Å². The summed E-state index contributed by atoms with van der Waals surface area (Å²) in [5, 5.41) is 3.00. The predicted molar refractivity (Wildman–Crippen MR) is 72.1 cm³/mol. The summed E-state index contributed by atoms with van der Waals surface area (Å²) in [5.41, 5.74) is 0.736. The van der Waals surface area contributed by atoms with Crippen LogP contribution in [-0.4, -0.2) is 18.3 Å². The SMILES string of the molecule is Cc1cc(C(=O)NCC2(CCl)CCCC2)c(C)o1. The second-order valence-electron chi connectivity index (χ2n) is 5.35. The molecule has 4 heteroatoms. The van der Waals surface area contributed by atoms with Gasteiger partial charge in [0.05, 0.1) is 5.56 Å². The van der Waals surface area contributed by atoms with E-state index in [0.717, 1.165) is 18.6 Å². The molecule has 0 aromatic carbocycles. The monoisotopic (exact) mass is 269 g/mol. The van der Waals surface area contributed by atoms with Gasteiger partial charge in [0.15, 0.2) is 0 Å². The van der Waals surface area contributed by atoms with Crippen LogP contribution < -0.4 is 5.32 Å². The minimum atomic E-state index is -0.0549. The molecule has 0 atom stereocenters. The second kappa shape index (κ2) is 5.35. The van der Waals surface area contributed by atoms with Gasteiger partial charge < -0.3 is 9.73 Å². The molecule has 1 amide bonds. The van der Waals surface area contributed by atoms with Crippen molar-refractivity contribution < 1.29 is 9.21 Å². The van der Waals surface area contributed by atoms with Crippen LogP contribution in [0.5, 0.6) is 0 Å². The molecule has 0 bridgehead atoms. The minimum Gasteiger partial charge on any atom is -0.466 e. The summed E-state index contributed by atoms with van der Waals surface area (Å²) in [6, 6.07) is 1.78. The quantitative estimate of drug-likeness (QED) is 0.851. The molecule has 1 heterocycles. The van der Waals surface area contributed by atoms with Gasteiger partial charge in [0.2, 0.25) is 0 Å². The zero-order valence-electron chi connectivity index (χ0n) is 11.0. The van der Waals surface area contributed by atoms with Gasteiger partial charge in [-0.1, -0.05) is 12.8 Å². The Labute approximate surface area is 113 Å². The molecule has 18 heavy (non-hydrogen) atoms. The lowest BCUT2D eigenvalue weighted by molar-refractivity contribution is 0.0933. The summed E-state index contributed by atoms with van der Waals surface area (Å²) in [6.45, 7) is 4.33. The smallest absolute Gasteiger partial charge is 0.254 e. The number of carbonyl (C=O) groups excluding carboxylic acids is 1. The number of amides is 1. The minimum absolute atomic E-state index is 0.0549.